The Kier molecular flexibility index (Phi) is 3.29. The molecule has 2 rings (SSSR count). The molecule has 0 amide bonds. The topological polar surface area (TPSA) is 38.0 Å². The van der Waals surface area contributed by atoms with Crippen molar-refractivity contribution >= 4 is 0 Å². The summed E-state index contributed by atoms with van der Waals surface area (Å²) in [7, 11) is 0. The standard InChI is InChI=1S/C14H18N2O/c1-3-14(17,12-8-6-5-7-9-12)13-15-10-11-16(13)4-2/h5-11,17H,3-4H2,1-2H3. The first-order chi connectivity index (χ1) is 8.22. The fraction of sp³-hybridized carbons (Fsp3) is 0.357. The third-order valence-corrected chi connectivity index (χ3v) is 3.19. The fourth-order valence-electron chi connectivity index (χ4n) is 2.13. The molecule has 3 nitrogen and oxygen atoms in total. The third kappa shape index (κ3) is 1.98. The number of aliphatic hydroxyl groups is 1. The summed E-state index contributed by atoms with van der Waals surface area (Å²) in [5.41, 5.74) is -0.107. The van der Waals surface area contributed by atoms with Gasteiger partial charge in [0.25, 0.3) is 0 Å². The minimum atomic E-state index is -0.999. The van der Waals surface area contributed by atoms with Crippen molar-refractivity contribution in [2.75, 3.05) is 0 Å². The third-order valence-electron chi connectivity index (χ3n) is 3.19. The lowest BCUT2D eigenvalue weighted by Gasteiger charge is -2.27. The number of hydrogen-bond donors (Lipinski definition) is 1. The minimum absolute atomic E-state index is 0.605. The van der Waals surface area contributed by atoms with Crippen molar-refractivity contribution in [2.45, 2.75) is 32.4 Å². The number of imidazole rings is 1. The van der Waals surface area contributed by atoms with E-state index in [0.29, 0.717) is 12.2 Å². The van der Waals surface area contributed by atoms with Crippen LogP contribution >= 0.6 is 0 Å². The van der Waals surface area contributed by atoms with Crippen LogP contribution < -0.4 is 0 Å². The molecule has 1 atom stereocenters. The van der Waals surface area contributed by atoms with Crippen molar-refractivity contribution < 1.29 is 5.11 Å². The largest absolute Gasteiger partial charge is 0.377 e. The van der Waals surface area contributed by atoms with Gasteiger partial charge in [0.15, 0.2) is 0 Å². The lowest BCUT2D eigenvalue weighted by molar-refractivity contribution is 0.0632. The molecule has 1 unspecified atom stereocenters. The van der Waals surface area contributed by atoms with Gasteiger partial charge < -0.3 is 9.67 Å². The number of benzene rings is 1. The summed E-state index contributed by atoms with van der Waals surface area (Å²) in [5.74, 6) is 0.716. The van der Waals surface area contributed by atoms with E-state index in [1.807, 2.05) is 54.9 Å². The summed E-state index contributed by atoms with van der Waals surface area (Å²) in [6.07, 6.45) is 4.25. The van der Waals surface area contributed by atoms with Crippen LogP contribution in [0.4, 0.5) is 0 Å². The molecule has 0 aliphatic carbocycles. The first kappa shape index (κ1) is 11.9. The highest BCUT2D eigenvalue weighted by Crippen LogP contribution is 2.31. The number of rotatable bonds is 4. The van der Waals surface area contributed by atoms with E-state index in [9.17, 15) is 5.11 Å². The molecule has 0 saturated carbocycles. The molecule has 3 heteroatoms. The van der Waals surface area contributed by atoms with E-state index in [-0.39, 0.29) is 0 Å². The van der Waals surface area contributed by atoms with Gasteiger partial charge in [0, 0.05) is 18.9 Å². The zero-order valence-corrected chi connectivity index (χ0v) is 10.3. The highest BCUT2D eigenvalue weighted by Gasteiger charge is 2.33. The van der Waals surface area contributed by atoms with Crippen molar-refractivity contribution in [3.05, 3.63) is 54.1 Å². The van der Waals surface area contributed by atoms with Crippen LogP contribution in [0.5, 0.6) is 0 Å². The molecule has 0 fully saturated rings. The van der Waals surface area contributed by atoms with E-state index >= 15 is 0 Å². The van der Waals surface area contributed by atoms with E-state index in [4.69, 9.17) is 0 Å². The van der Waals surface area contributed by atoms with E-state index in [0.717, 1.165) is 12.1 Å². The molecule has 0 aliphatic heterocycles. The molecule has 0 saturated heterocycles. The molecule has 1 N–H and O–H groups in total. The van der Waals surface area contributed by atoms with E-state index in [2.05, 4.69) is 4.98 Å². The molecular formula is C14H18N2O. The Bertz CT molecular complexity index is 478. The van der Waals surface area contributed by atoms with Gasteiger partial charge in [0.05, 0.1) is 0 Å². The lowest BCUT2D eigenvalue weighted by Crippen LogP contribution is -2.30. The zero-order valence-electron chi connectivity index (χ0n) is 10.3. The van der Waals surface area contributed by atoms with Crippen LogP contribution in [0.15, 0.2) is 42.7 Å². The average molecular weight is 230 g/mol. The highest BCUT2D eigenvalue weighted by atomic mass is 16.3. The van der Waals surface area contributed by atoms with Crippen LogP contribution in [0, 0.1) is 0 Å². The predicted octanol–water partition coefficient (Wildman–Crippen LogP) is 2.55. The summed E-state index contributed by atoms with van der Waals surface area (Å²) < 4.78 is 1.98. The van der Waals surface area contributed by atoms with Gasteiger partial charge >= 0.3 is 0 Å². The van der Waals surface area contributed by atoms with Crippen molar-refractivity contribution in [1.29, 1.82) is 0 Å². The SMILES string of the molecule is CCn1ccnc1C(O)(CC)c1ccccc1. The number of nitrogens with zero attached hydrogens (tertiary/aromatic N) is 2. The Morgan fingerprint density at radius 3 is 2.53 bits per heavy atom. The molecule has 17 heavy (non-hydrogen) atoms. The number of aryl methyl sites for hydroxylation is 1. The normalized spacial score (nSPS) is 14.5. The smallest absolute Gasteiger partial charge is 0.147 e. The van der Waals surface area contributed by atoms with Gasteiger partial charge in [0.1, 0.15) is 11.4 Å². The summed E-state index contributed by atoms with van der Waals surface area (Å²) in [6, 6.07) is 9.71. The van der Waals surface area contributed by atoms with Crippen LogP contribution in [0.1, 0.15) is 31.7 Å². The predicted molar refractivity (Wildman–Crippen MR) is 67.6 cm³/mol. The number of aromatic nitrogens is 2. The Labute approximate surface area is 102 Å². The van der Waals surface area contributed by atoms with Crippen LogP contribution in [0.3, 0.4) is 0 Å². The molecule has 0 radical (unpaired) electrons. The molecule has 1 heterocycles. The van der Waals surface area contributed by atoms with E-state index < -0.39 is 5.60 Å². The van der Waals surface area contributed by atoms with Crippen LogP contribution in [-0.4, -0.2) is 14.7 Å². The Hall–Kier alpha value is -1.61. The van der Waals surface area contributed by atoms with Crippen LogP contribution in [-0.2, 0) is 12.1 Å². The van der Waals surface area contributed by atoms with Crippen LogP contribution in [0.25, 0.3) is 0 Å². The maximum atomic E-state index is 10.9. The zero-order chi connectivity index (χ0) is 12.3. The maximum absolute atomic E-state index is 10.9. The molecule has 1 aromatic carbocycles. The lowest BCUT2D eigenvalue weighted by atomic mass is 9.90. The van der Waals surface area contributed by atoms with Crippen molar-refractivity contribution in [2.24, 2.45) is 0 Å². The molecule has 0 aliphatic rings. The second-order valence-corrected chi connectivity index (χ2v) is 4.12. The maximum Gasteiger partial charge on any atom is 0.147 e. The summed E-state index contributed by atoms with van der Waals surface area (Å²) in [5, 5.41) is 10.9. The van der Waals surface area contributed by atoms with Crippen molar-refractivity contribution in [3.63, 3.8) is 0 Å². The second kappa shape index (κ2) is 4.72. The first-order valence-electron chi connectivity index (χ1n) is 6.02. The van der Waals surface area contributed by atoms with Crippen molar-refractivity contribution in [1.82, 2.24) is 9.55 Å². The van der Waals surface area contributed by atoms with E-state index in [1.54, 1.807) is 6.20 Å². The molecule has 0 bridgehead atoms. The molecule has 0 spiro atoms. The average Bonchev–Trinajstić information content (AvgIpc) is 2.87. The Morgan fingerprint density at radius 1 is 1.24 bits per heavy atom. The summed E-state index contributed by atoms with van der Waals surface area (Å²) in [6.45, 7) is 4.83. The second-order valence-electron chi connectivity index (χ2n) is 4.12. The minimum Gasteiger partial charge on any atom is -0.377 e. The molecular weight excluding hydrogens is 212 g/mol. The van der Waals surface area contributed by atoms with Crippen molar-refractivity contribution in [3.8, 4) is 0 Å². The fourth-order valence-corrected chi connectivity index (χ4v) is 2.13. The Balaban J connectivity index is 2.52. The van der Waals surface area contributed by atoms with Gasteiger partial charge in [-0.1, -0.05) is 37.3 Å². The molecule has 1 aromatic heterocycles. The van der Waals surface area contributed by atoms with Gasteiger partial charge in [-0.2, -0.15) is 0 Å². The highest BCUT2D eigenvalue weighted by molar-refractivity contribution is 5.29. The first-order valence-corrected chi connectivity index (χ1v) is 6.02. The van der Waals surface area contributed by atoms with Gasteiger partial charge in [-0.05, 0) is 18.9 Å². The van der Waals surface area contributed by atoms with Gasteiger partial charge in [-0.15, -0.1) is 0 Å². The summed E-state index contributed by atoms with van der Waals surface area (Å²) in [4.78, 5) is 4.32. The number of hydrogen-bond acceptors (Lipinski definition) is 2. The van der Waals surface area contributed by atoms with Crippen LogP contribution in [0.2, 0.25) is 0 Å². The van der Waals surface area contributed by atoms with Gasteiger partial charge in [-0.25, -0.2) is 4.98 Å². The molecule has 2 aromatic rings. The monoisotopic (exact) mass is 230 g/mol. The quantitative estimate of drug-likeness (QED) is 0.876. The van der Waals surface area contributed by atoms with E-state index in [1.165, 1.54) is 0 Å². The van der Waals surface area contributed by atoms with Gasteiger partial charge in [-0.3, -0.25) is 0 Å². The van der Waals surface area contributed by atoms with Gasteiger partial charge in [0.2, 0.25) is 0 Å². The summed E-state index contributed by atoms with van der Waals surface area (Å²) >= 11 is 0. The Morgan fingerprint density at radius 2 is 1.94 bits per heavy atom. The molecule has 90 valence electrons.